The number of thiophene rings is 1. The normalized spacial score (nSPS) is 11.5. The van der Waals surface area contributed by atoms with Crippen molar-refractivity contribution in [3.05, 3.63) is 106 Å². The smallest absolute Gasteiger partial charge is 0.337 e. The lowest BCUT2D eigenvalue weighted by Gasteiger charge is -2.12. The summed E-state index contributed by atoms with van der Waals surface area (Å²) in [6.45, 7) is 1.78. The van der Waals surface area contributed by atoms with E-state index in [1.165, 1.54) is 12.1 Å². The number of nitrogens with one attached hydrogen (secondary N) is 2. The van der Waals surface area contributed by atoms with Gasteiger partial charge in [0.25, 0.3) is 5.91 Å². The van der Waals surface area contributed by atoms with Crippen LogP contribution in [-0.2, 0) is 6.18 Å². The van der Waals surface area contributed by atoms with Crippen LogP contribution in [-0.4, -0.2) is 15.9 Å². The van der Waals surface area contributed by atoms with E-state index in [1.54, 1.807) is 60.9 Å². The first-order chi connectivity index (χ1) is 17.7. The van der Waals surface area contributed by atoms with Crippen LogP contribution < -0.4 is 5.32 Å². The molecule has 37 heavy (non-hydrogen) atoms. The lowest BCUT2D eigenvalue weighted by molar-refractivity contribution is -0.137. The van der Waals surface area contributed by atoms with Crippen molar-refractivity contribution in [1.29, 1.82) is 0 Å². The van der Waals surface area contributed by atoms with Crippen molar-refractivity contribution in [3.8, 4) is 33.1 Å². The molecule has 4 nitrogen and oxygen atoms in total. The van der Waals surface area contributed by atoms with Gasteiger partial charge >= 0.3 is 6.18 Å². The average Bonchev–Trinajstić information content (AvgIpc) is 3.57. The molecular weight excluding hydrogens is 519 g/mol. The predicted molar refractivity (Wildman–Crippen MR) is 142 cm³/mol. The molecule has 0 spiro atoms. The summed E-state index contributed by atoms with van der Waals surface area (Å²) in [6.07, 6.45) is -2.65. The van der Waals surface area contributed by atoms with E-state index in [4.69, 9.17) is 11.6 Å². The number of aromatic amines is 1. The molecule has 0 fully saturated rings. The minimum atomic E-state index is -4.39. The van der Waals surface area contributed by atoms with Crippen LogP contribution in [0.1, 0.15) is 21.5 Å². The fourth-order valence-corrected chi connectivity index (χ4v) is 4.85. The van der Waals surface area contributed by atoms with Gasteiger partial charge < -0.3 is 10.3 Å². The van der Waals surface area contributed by atoms with Gasteiger partial charge in [0, 0.05) is 16.8 Å². The van der Waals surface area contributed by atoms with E-state index in [0.29, 0.717) is 38.8 Å². The SMILES string of the molecule is Cc1cc(-c2ccc(C(F)(F)F)cc2)ccc1C(=O)Nc1ccc(Cl)c(-c2ncc(-c3cccs3)[nH]2)c1. The lowest BCUT2D eigenvalue weighted by atomic mass is 9.98. The molecule has 0 aliphatic rings. The van der Waals surface area contributed by atoms with Gasteiger partial charge in [-0.15, -0.1) is 11.3 Å². The minimum absolute atomic E-state index is 0.316. The Morgan fingerprint density at radius 2 is 1.76 bits per heavy atom. The van der Waals surface area contributed by atoms with Crippen LogP contribution in [0, 0.1) is 6.92 Å². The molecule has 2 aromatic heterocycles. The maximum Gasteiger partial charge on any atom is 0.416 e. The summed E-state index contributed by atoms with van der Waals surface area (Å²) in [6, 6.07) is 19.2. The van der Waals surface area contributed by atoms with Gasteiger partial charge in [0.1, 0.15) is 5.82 Å². The fraction of sp³-hybridized carbons (Fsp3) is 0.0714. The number of aryl methyl sites for hydroxylation is 1. The van der Waals surface area contributed by atoms with Crippen molar-refractivity contribution in [2.75, 3.05) is 5.32 Å². The monoisotopic (exact) mass is 537 g/mol. The number of hydrogen-bond donors (Lipinski definition) is 2. The van der Waals surface area contributed by atoms with E-state index in [0.717, 1.165) is 28.3 Å². The van der Waals surface area contributed by atoms with Crippen LogP contribution in [0.15, 0.2) is 84.4 Å². The molecule has 0 aliphatic heterocycles. The van der Waals surface area contributed by atoms with Gasteiger partial charge in [-0.05, 0) is 71.5 Å². The molecule has 2 N–H and O–H groups in total. The van der Waals surface area contributed by atoms with E-state index in [-0.39, 0.29) is 5.91 Å². The van der Waals surface area contributed by atoms with Crippen LogP contribution in [0.25, 0.3) is 33.1 Å². The molecule has 0 bridgehead atoms. The van der Waals surface area contributed by atoms with Crippen LogP contribution in [0.4, 0.5) is 18.9 Å². The lowest BCUT2D eigenvalue weighted by Crippen LogP contribution is -2.13. The summed E-state index contributed by atoms with van der Waals surface area (Å²) in [4.78, 5) is 21.8. The van der Waals surface area contributed by atoms with Gasteiger partial charge in [-0.3, -0.25) is 4.79 Å². The van der Waals surface area contributed by atoms with Crippen LogP contribution in [0.3, 0.4) is 0 Å². The first-order valence-electron chi connectivity index (χ1n) is 11.2. The second-order valence-electron chi connectivity index (χ2n) is 8.38. The number of imidazole rings is 1. The zero-order valence-electron chi connectivity index (χ0n) is 19.4. The number of alkyl halides is 3. The number of carbonyl (C=O) groups is 1. The molecule has 0 saturated carbocycles. The van der Waals surface area contributed by atoms with E-state index < -0.39 is 11.7 Å². The molecular formula is C28H19ClF3N3OS. The summed E-state index contributed by atoms with van der Waals surface area (Å²) < 4.78 is 38.6. The van der Waals surface area contributed by atoms with E-state index in [1.807, 2.05) is 17.5 Å². The van der Waals surface area contributed by atoms with Gasteiger partial charge in [-0.2, -0.15) is 13.2 Å². The van der Waals surface area contributed by atoms with E-state index in [9.17, 15) is 18.0 Å². The number of anilines is 1. The summed E-state index contributed by atoms with van der Waals surface area (Å²) in [5.41, 5.74) is 3.85. The molecule has 0 unspecified atom stereocenters. The summed E-state index contributed by atoms with van der Waals surface area (Å²) >= 11 is 8.02. The third kappa shape index (κ3) is 5.30. The van der Waals surface area contributed by atoms with Gasteiger partial charge in [0.2, 0.25) is 0 Å². The van der Waals surface area contributed by atoms with Crippen LogP contribution in [0.2, 0.25) is 5.02 Å². The Hall–Kier alpha value is -3.88. The maximum absolute atomic E-state index is 13.0. The summed E-state index contributed by atoms with van der Waals surface area (Å²) in [5.74, 6) is 0.269. The third-order valence-corrected chi connectivity index (χ3v) is 7.09. The second-order valence-corrected chi connectivity index (χ2v) is 9.73. The molecule has 5 rings (SSSR count). The zero-order valence-corrected chi connectivity index (χ0v) is 20.9. The van der Waals surface area contributed by atoms with Crippen molar-refractivity contribution in [3.63, 3.8) is 0 Å². The van der Waals surface area contributed by atoms with Gasteiger partial charge in [-0.1, -0.05) is 41.9 Å². The summed E-state index contributed by atoms with van der Waals surface area (Å²) in [7, 11) is 0. The number of aromatic nitrogens is 2. The molecule has 5 aromatic rings. The molecule has 0 radical (unpaired) electrons. The number of benzene rings is 3. The molecule has 0 aliphatic carbocycles. The highest BCUT2D eigenvalue weighted by Gasteiger charge is 2.30. The minimum Gasteiger partial charge on any atom is -0.337 e. The standard InChI is InChI=1S/C28H19ClF3N3OS/c1-16-13-18(17-4-7-19(8-5-17)28(30,31)32)6-10-21(16)27(36)34-20-9-11-23(29)22(14-20)26-33-15-24(35-26)25-3-2-12-37-25/h2-15H,1H3,(H,33,35)(H,34,36). The van der Waals surface area contributed by atoms with Crippen molar-refractivity contribution < 1.29 is 18.0 Å². The first kappa shape index (κ1) is 24.8. The van der Waals surface area contributed by atoms with Crippen LogP contribution in [0.5, 0.6) is 0 Å². The topological polar surface area (TPSA) is 57.8 Å². The molecule has 0 atom stereocenters. The quantitative estimate of drug-likeness (QED) is 0.235. The van der Waals surface area contributed by atoms with Crippen LogP contribution >= 0.6 is 22.9 Å². The van der Waals surface area contributed by atoms with E-state index >= 15 is 0 Å². The highest BCUT2D eigenvalue weighted by atomic mass is 35.5. The number of amides is 1. The van der Waals surface area contributed by atoms with Crippen molar-refractivity contribution >= 4 is 34.5 Å². The number of nitrogens with zero attached hydrogens (tertiary/aromatic N) is 1. The zero-order chi connectivity index (χ0) is 26.2. The summed E-state index contributed by atoms with van der Waals surface area (Å²) in [5, 5.41) is 5.36. The molecule has 3 aromatic carbocycles. The number of carbonyl (C=O) groups excluding carboxylic acids is 1. The Labute approximate surface area is 219 Å². The van der Waals surface area contributed by atoms with E-state index in [2.05, 4.69) is 15.3 Å². The van der Waals surface area contributed by atoms with Crippen molar-refractivity contribution in [2.24, 2.45) is 0 Å². The fourth-order valence-electron chi connectivity index (χ4n) is 3.95. The average molecular weight is 538 g/mol. The Balaban J connectivity index is 1.35. The molecule has 0 saturated heterocycles. The molecule has 1 amide bonds. The number of hydrogen-bond acceptors (Lipinski definition) is 3. The highest BCUT2D eigenvalue weighted by molar-refractivity contribution is 7.13. The van der Waals surface area contributed by atoms with Gasteiger partial charge in [-0.25, -0.2) is 4.98 Å². The Bertz CT molecular complexity index is 1580. The Kier molecular flexibility index (Phi) is 6.62. The van der Waals surface area contributed by atoms with Crippen molar-refractivity contribution in [2.45, 2.75) is 13.1 Å². The highest BCUT2D eigenvalue weighted by Crippen LogP contribution is 2.33. The number of H-pyrrole nitrogens is 1. The third-order valence-electron chi connectivity index (χ3n) is 5.86. The first-order valence-corrected chi connectivity index (χ1v) is 12.4. The Morgan fingerprint density at radius 1 is 1.00 bits per heavy atom. The number of rotatable bonds is 5. The molecule has 186 valence electrons. The molecule has 9 heteroatoms. The van der Waals surface area contributed by atoms with Gasteiger partial charge in [0.05, 0.1) is 27.4 Å². The predicted octanol–water partition coefficient (Wildman–Crippen LogP) is 8.71. The number of halogens is 4. The second kappa shape index (κ2) is 9.88. The largest absolute Gasteiger partial charge is 0.416 e. The maximum atomic E-state index is 13.0. The van der Waals surface area contributed by atoms with Gasteiger partial charge in [0.15, 0.2) is 0 Å². The van der Waals surface area contributed by atoms with Crippen molar-refractivity contribution in [1.82, 2.24) is 9.97 Å². The molecule has 2 heterocycles. The Morgan fingerprint density at radius 3 is 2.43 bits per heavy atom.